The van der Waals surface area contributed by atoms with E-state index in [2.05, 4.69) is 41.8 Å². The molecule has 0 spiro atoms. The third-order valence-electron chi connectivity index (χ3n) is 5.64. The minimum atomic E-state index is -0.539. The number of urea groups is 1. The highest BCUT2D eigenvalue weighted by molar-refractivity contribution is 5.93. The topological polar surface area (TPSA) is 61.4 Å². The maximum Gasteiger partial charge on any atom is 0.319 e. The van der Waals surface area contributed by atoms with Gasteiger partial charge in [-0.05, 0) is 63.1 Å². The molecular formula is C24H31N3O2. The average molecular weight is 394 g/mol. The van der Waals surface area contributed by atoms with Gasteiger partial charge in [0.05, 0.1) is 0 Å². The molecule has 2 aromatic carbocycles. The highest BCUT2D eigenvalue weighted by atomic mass is 16.2. The number of rotatable bonds is 6. The van der Waals surface area contributed by atoms with Crippen molar-refractivity contribution in [1.29, 1.82) is 0 Å². The second-order valence-electron chi connectivity index (χ2n) is 7.98. The third kappa shape index (κ3) is 6.34. The smallest absolute Gasteiger partial charge is 0.319 e. The van der Waals surface area contributed by atoms with Crippen LogP contribution < -0.4 is 10.6 Å². The van der Waals surface area contributed by atoms with Crippen LogP contribution in [0.15, 0.2) is 54.6 Å². The summed E-state index contributed by atoms with van der Waals surface area (Å²) < 4.78 is 0. The zero-order valence-electron chi connectivity index (χ0n) is 17.4. The molecule has 1 saturated heterocycles. The van der Waals surface area contributed by atoms with Crippen molar-refractivity contribution in [2.24, 2.45) is 5.92 Å². The second-order valence-corrected chi connectivity index (χ2v) is 7.98. The molecule has 1 aliphatic heterocycles. The first kappa shape index (κ1) is 20.9. The van der Waals surface area contributed by atoms with E-state index < -0.39 is 6.04 Å². The Balaban J connectivity index is 1.39. The molecule has 0 unspecified atom stereocenters. The van der Waals surface area contributed by atoms with Crippen molar-refractivity contribution in [2.75, 3.05) is 18.4 Å². The van der Waals surface area contributed by atoms with Crippen LogP contribution in [0.25, 0.3) is 0 Å². The number of benzene rings is 2. The predicted molar refractivity (Wildman–Crippen MR) is 117 cm³/mol. The lowest BCUT2D eigenvalue weighted by molar-refractivity contribution is -0.134. The van der Waals surface area contributed by atoms with Gasteiger partial charge in [0.2, 0.25) is 5.91 Å². The SMILES string of the molecule is Cc1ccc(CCC2CCN(C(=O)[C@H](C)NC(=O)Nc3ccccc3)CC2)cc1. The van der Waals surface area contributed by atoms with Crippen molar-refractivity contribution in [1.82, 2.24) is 10.2 Å². The van der Waals surface area contributed by atoms with E-state index in [1.165, 1.54) is 17.5 Å². The van der Waals surface area contributed by atoms with E-state index in [1.54, 1.807) is 6.92 Å². The normalized spacial score (nSPS) is 15.6. The molecule has 2 N–H and O–H groups in total. The number of aryl methyl sites for hydroxylation is 2. The maximum absolute atomic E-state index is 12.7. The van der Waals surface area contributed by atoms with Gasteiger partial charge in [0, 0.05) is 18.8 Å². The van der Waals surface area contributed by atoms with Crippen molar-refractivity contribution >= 4 is 17.6 Å². The Morgan fingerprint density at radius 1 is 1.03 bits per heavy atom. The molecule has 1 heterocycles. The number of carbonyl (C=O) groups is 2. The molecule has 1 aliphatic rings. The number of nitrogens with zero attached hydrogens (tertiary/aromatic N) is 1. The van der Waals surface area contributed by atoms with E-state index in [9.17, 15) is 9.59 Å². The van der Waals surface area contributed by atoms with Crippen molar-refractivity contribution in [3.8, 4) is 0 Å². The fourth-order valence-corrected chi connectivity index (χ4v) is 3.79. The number of likely N-dealkylation sites (tertiary alicyclic amines) is 1. The Morgan fingerprint density at radius 3 is 2.34 bits per heavy atom. The van der Waals surface area contributed by atoms with E-state index >= 15 is 0 Å². The number of piperidine rings is 1. The van der Waals surface area contributed by atoms with Gasteiger partial charge >= 0.3 is 6.03 Å². The molecule has 154 valence electrons. The monoisotopic (exact) mass is 393 g/mol. The molecule has 5 heteroatoms. The van der Waals surface area contributed by atoms with Crippen molar-refractivity contribution in [3.63, 3.8) is 0 Å². The Morgan fingerprint density at radius 2 is 1.69 bits per heavy atom. The average Bonchev–Trinajstić information content (AvgIpc) is 2.74. The molecule has 0 saturated carbocycles. The first-order valence-electron chi connectivity index (χ1n) is 10.5. The molecule has 0 aromatic heterocycles. The van der Waals surface area contributed by atoms with Crippen LogP contribution in [0.4, 0.5) is 10.5 Å². The van der Waals surface area contributed by atoms with E-state index in [0.717, 1.165) is 32.4 Å². The summed E-state index contributed by atoms with van der Waals surface area (Å²) >= 11 is 0. The fraction of sp³-hybridized carbons (Fsp3) is 0.417. The number of hydrogen-bond donors (Lipinski definition) is 2. The summed E-state index contributed by atoms with van der Waals surface area (Å²) in [4.78, 5) is 26.7. The van der Waals surface area contributed by atoms with E-state index in [0.29, 0.717) is 11.6 Å². The molecule has 5 nitrogen and oxygen atoms in total. The Kier molecular flexibility index (Phi) is 7.28. The summed E-state index contributed by atoms with van der Waals surface area (Å²) in [6.45, 7) is 5.39. The molecule has 0 radical (unpaired) electrons. The molecule has 29 heavy (non-hydrogen) atoms. The number of carbonyl (C=O) groups excluding carboxylic acids is 2. The van der Waals surface area contributed by atoms with Crippen LogP contribution in [0.3, 0.4) is 0 Å². The number of amides is 3. The van der Waals surface area contributed by atoms with Gasteiger partial charge in [-0.25, -0.2) is 4.79 Å². The third-order valence-corrected chi connectivity index (χ3v) is 5.64. The Bertz CT molecular complexity index is 797. The summed E-state index contributed by atoms with van der Waals surface area (Å²) in [6, 6.07) is 17.1. The summed E-state index contributed by atoms with van der Waals surface area (Å²) in [5, 5.41) is 5.50. The molecule has 3 rings (SSSR count). The highest BCUT2D eigenvalue weighted by Crippen LogP contribution is 2.23. The number of hydrogen-bond acceptors (Lipinski definition) is 2. The van der Waals surface area contributed by atoms with Gasteiger partial charge < -0.3 is 15.5 Å². The largest absolute Gasteiger partial charge is 0.341 e. The molecule has 1 atom stereocenters. The van der Waals surface area contributed by atoms with Crippen molar-refractivity contribution in [3.05, 3.63) is 65.7 Å². The fourth-order valence-electron chi connectivity index (χ4n) is 3.79. The molecule has 1 fully saturated rings. The van der Waals surface area contributed by atoms with Gasteiger partial charge in [-0.2, -0.15) is 0 Å². The van der Waals surface area contributed by atoms with Crippen LogP contribution in [0, 0.1) is 12.8 Å². The first-order valence-corrected chi connectivity index (χ1v) is 10.5. The van der Waals surface area contributed by atoms with Gasteiger partial charge in [0.25, 0.3) is 0 Å². The van der Waals surface area contributed by atoms with E-state index in [-0.39, 0.29) is 11.9 Å². The maximum atomic E-state index is 12.7. The minimum Gasteiger partial charge on any atom is -0.341 e. The summed E-state index contributed by atoms with van der Waals surface area (Å²) in [5.74, 6) is 0.648. The van der Waals surface area contributed by atoms with Crippen LogP contribution in [0.2, 0.25) is 0 Å². The summed E-state index contributed by atoms with van der Waals surface area (Å²) in [5.41, 5.74) is 3.39. The molecule has 3 amide bonds. The lowest BCUT2D eigenvalue weighted by atomic mass is 9.90. The number of nitrogens with one attached hydrogen (secondary N) is 2. The van der Waals surface area contributed by atoms with Gasteiger partial charge in [-0.3, -0.25) is 4.79 Å². The summed E-state index contributed by atoms with van der Waals surface area (Å²) in [7, 11) is 0. The minimum absolute atomic E-state index is 0.00908. The van der Waals surface area contributed by atoms with Crippen LogP contribution >= 0.6 is 0 Å². The highest BCUT2D eigenvalue weighted by Gasteiger charge is 2.26. The molecular weight excluding hydrogens is 362 g/mol. The van der Waals surface area contributed by atoms with Gasteiger partial charge in [-0.15, -0.1) is 0 Å². The van der Waals surface area contributed by atoms with Crippen molar-refractivity contribution in [2.45, 2.75) is 45.6 Å². The molecule has 0 aliphatic carbocycles. The van der Waals surface area contributed by atoms with Crippen molar-refractivity contribution < 1.29 is 9.59 Å². The molecule has 0 bridgehead atoms. The zero-order chi connectivity index (χ0) is 20.6. The first-order chi connectivity index (χ1) is 14.0. The lowest BCUT2D eigenvalue weighted by Gasteiger charge is -2.33. The van der Waals surface area contributed by atoms with Crippen LogP contribution in [0.5, 0.6) is 0 Å². The van der Waals surface area contributed by atoms with Gasteiger partial charge in [0.15, 0.2) is 0 Å². The standard InChI is InChI=1S/C24H31N3O2/c1-18-8-10-20(11-9-18)12-13-21-14-16-27(17-15-21)23(28)19(2)25-24(29)26-22-6-4-3-5-7-22/h3-11,19,21H,12-17H2,1-2H3,(H2,25,26,29)/t19-/m0/s1. The Labute approximate surface area is 173 Å². The Hall–Kier alpha value is -2.82. The van der Waals surface area contributed by atoms with Gasteiger partial charge in [0.1, 0.15) is 6.04 Å². The zero-order valence-corrected chi connectivity index (χ0v) is 17.4. The predicted octanol–water partition coefficient (Wildman–Crippen LogP) is 4.38. The van der Waals surface area contributed by atoms with Crippen LogP contribution in [0.1, 0.15) is 37.3 Å². The number of para-hydroxylation sites is 1. The van der Waals surface area contributed by atoms with Crippen LogP contribution in [-0.4, -0.2) is 36.0 Å². The van der Waals surface area contributed by atoms with Crippen LogP contribution in [-0.2, 0) is 11.2 Å². The van der Waals surface area contributed by atoms with E-state index in [4.69, 9.17) is 0 Å². The summed E-state index contributed by atoms with van der Waals surface area (Å²) in [6.07, 6.45) is 4.32. The number of anilines is 1. The van der Waals surface area contributed by atoms with E-state index in [1.807, 2.05) is 35.2 Å². The quantitative estimate of drug-likeness (QED) is 0.765. The lowest BCUT2D eigenvalue weighted by Crippen LogP contribution is -2.50. The molecule has 2 aromatic rings. The van der Waals surface area contributed by atoms with Gasteiger partial charge in [-0.1, -0.05) is 48.0 Å². The second kappa shape index (κ2) is 10.1.